The van der Waals surface area contributed by atoms with Crippen LogP contribution in [0, 0.1) is 0 Å². The van der Waals surface area contributed by atoms with Gasteiger partial charge in [-0.15, -0.1) is 0 Å². The Labute approximate surface area is 59.5 Å². The molecule has 0 saturated heterocycles. The van der Waals surface area contributed by atoms with Crippen LogP contribution in [0.1, 0.15) is 12.8 Å². The molecule has 2 aliphatic rings. The van der Waals surface area contributed by atoms with Crippen molar-refractivity contribution in [2.75, 3.05) is 0 Å². The SMILES string of the molecule is O[C@@H]1C2=C(C=C[C@@H]1O)CC2. The van der Waals surface area contributed by atoms with E-state index >= 15 is 0 Å². The van der Waals surface area contributed by atoms with Crippen LogP contribution < -0.4 is 0 Å². The number of allylic oxidation sites excluding steroid dienone is 2. The average Bonchev–Trinajstić information content (AvgIpc) is 1.82. The van der Waals surface area contributed by atoms with E-state index in [1.54, 1.807) is 6.08 Å². The highest BCUT2D eigenvalue weighted by Gasteiger charge is 2.29. The molecular formula is C8H10O2. The Hall–Kier alpha value is -0.600. The van der Waals surface area contributed by atoms with Crippen molar-refractivity contribution < 1.29 is 10.2 Å². The van der Waals surface area contributed by atoms with Gasteiger partial charge >= 0.3 is 0 Å². The molecule has 10 heavy (non-hydrogen) atoms. The summed E-state index contributed by atoms with van der Waals surface area (Å²) in [6.07, 6.45) is 4.31. The molecule has 2 heteroatoms. The van der Waals surface area contributed by atoms with Crippen LogP contribution in [-0.4, -0.2) is 22.4 Å². The smallest absolute Gasteiger partial charge is 0.105 e. The monoisotopic (exact) mass is 138 g/mol. The van der Waals surface area contributed by atoms with Gasteiger partial charge in [-0.05, 0) is 24.0 Å². The molecule has 54 valence electrons. The highest BCUT2D eigenvalue weighted by atomic mass is 16.3. The van der Waals surface area contributed by atoms with Crippen molar-refractivity contribution in [2.45, 2.75) is 25.0 Å². The number of rotatable bonds is 0. The van der Waals surface area contributed by atoms with E-state index in [1.165, 1.54) is 5.57 Å². The van der Waals surface area contributed by atoms with Crippen molar-refractivity contribution in [2.24, 2.45) is 0 Å². The predicted octanol–water partition coefficient (Wildman–Crippen LogP) is 0.368. The first-order valence-corrected chi connectivity index (χ1v) is 3.55. The summed E-state index contributed by atoms with van der Waals surface area (Å²) >= 11 is 0. The zero-order chi connectivity index (χ0) is 7.14. The normalized spacial score (nSPS) is 37.4. The molecule has 2 rings (SSSR count). The van der Waals surface area contributed by atoms with Gasteiger partial charge in [0.15, 0.2) is 0 Å². The minimum atomic E-state index is -0.668. The lowest BCUT2D eigenvalue weighted by atomic mass is 9.79. The summed E-state index contributed by atoms with van der Waals surface area (Å²) in [4.78, 5) is 0. The van der Waals surface area contributed by atoms with Crippen molar-refractivity contribution in [3.05, 3.63) is 23.3 Å². The lowest BCUT2D eigenvalue weighted by molar-refractivity contribution is 0.0649. The third-order valence-electron chi connectivity index (χ3n) is 2.25. The fraction of sp³-hybridized carbons (Fsp3) is 0.500. The Morgan fingerprint density at radius 3 is 2.60 bits per heavy atom. The summed E-state index contributed by atoms with van der Waals surface area (Å²) in [6.45, 7) is 0. The van der Waals surface area contributed by atoms with Gasteiger partial charge in [0.2, 0.25) is 0 Å². The van der Waals surface area contributed by atoms with Gasteiger partial charge in [0.1, 0.15) is 12.2 Å². The van der Waals surface area contributed by atoms with Crippen LogP contribution in [0.4, 0.5) is 0 Å². The van der Waals surface area contributed by atoms with E-state index in [0.717, 1.165) is 18.4 Å². The predicted molar refractivity (Wildman–Crippen MR) is 37.4 cm³/mol. The van der Waals surface area contributed by atoms with Crippen molar-refractivity contribution in [1.29, 1.82) is 0 Å². The molecule has 0 saturated carbocycles. The molecule has 2 N–H and O–H groups in total. The van der Waals surface area contributed by atoms with Gasteiger partial charge in [0, 0.05) is 0 Å². The Morgan fingerprint density at radius 1 is 1.30 bits per heavy atom. The molecular weight excluding hydrogens is 128 g/mol. The molecule has 0 aromatic carbocycles. The minimum absolute atomic E-state index is 0.617. The first-order chi connectivity index (χ1) is 4.79. The summed E-state index contributed by atoms with van der Waals surface area (Å²) in [5.41, 5.74) is 2.26. The standard InChI is InChI=1S/C8H10O2/c9-7-4-2-5-1-3-6(5)8(7)10/h2,4,7-10H,1,3H2/t7-,8+/m0/s1. The summed E-state index contributed by atoms with van der Waals surface area (Å²) in [5, 5.41) is 18.4. The second-order valence-corrected chi connectivity index (χ2v) is 2.85. The third-order valence-corrected chi connectivity index (χ3v) is 2.25. The molecule has 0 amide bonds. The maximum atomic E-state index is 9.31. The Kier molecular flexibility index (Phi) is 1.19. The molecule has 0 aromatic rings. The van der Waals surface area contributed by atoms with Crippen LogP contribution in [0.25, 0.3) is 0 Å². The molecule has 0 unspecified atom stereocenters. The molecule has 2 aliphatic carbocycles. The molecule has 2 atom stereocenters. The highest BCUT2D eigenvalue weighted by Crippen LogP contribution is 2.35. The van der Waals surface area contributed by atoms with Crippen LogP contribution in [0.15, 0.2) is 23.3 Å². The van der Waals surface area contributed by atoms with Crippen molar-refractivity contribution in [1.82, 2.24) is 0 Å². The van der Waals surface area contributed by atoms with Crippen molar-refractivity contribution >= 4 is 0 Å². The molecule has 0 bridgehead atoms. The van der Waals surface area contributed by atoms with Gasteiger partial charge in [0.05, 0.1) is 0 Å². The quantitative estimate of drug-likeness (QED) is 0.507. The van der Waals surface area contributed by atoms with Gasteiger partial charge in [-0.3, -0.25) is 0 Å². The summed E-state index contributed by atoms with van der Waals surface area (Å²) in [7, 11) is 0. The van der Waals surface area contributed by atoms with E-state index in [-0.39, 0.29) is 0 Å². The van der Waals surface area contributed by atoms with Crippen LogP contribution >= 0.6 is 0 Å². The Balaban J connectivity index is 2.30. The van der Waals surface area contributed by atoms with Crippen LogP contribution in [0.3, 0.4) is 0 Å². The van der Waals surface area contributed by atoms with E-state index in [1.807, 2.05) is 6.08 Å². The number of aliphatic hydroxyl groups is 2. The summed E-state index contributed by atoms with van der Waals surface area (Å²) < 4.78 is 0. The largest absolute Gasteiger partial charge is 0.386 e. The third kappa shape index (κ3) is 0.662. The molecule has 0 spiro atoms. The molecule has 2 nitrogen and oxygen atoms in total. The second-order valence-electron chi connectivity index (χ2n) is 2.85. The van der Waals surface area contributed by atoms with Crippen molar-refractivity contribution in [3.63, 3.8) is 0 Å². The molecule has 0 heterocycles. The van der Waals surface area contributed by atoms with E-state index in [9.17, 15) is 5.11 Å². The number of hydrogen-bond donors (Lipinski definition) is 2. The van der Waals surface area contributed by atoms with Gasteiger partial charge in [-0.25, -0.2) is 0 Å². The number of hydrogen-bond acceptors (Lipinski definition) is 2. The summed E-state index contributed by atoms with van der Waals surface area (Å²) in [6, 6.07) is 0. The topological polar surface area (TPSA) is 40.5 Å². The molecule has 0 aromatic heterocycles. The molecule has 0 aliphatic heterocycles. The second kappa shape index (κ2) is 1.94. The zero-order valence-corrected chi connectivity index (χ0v) is 5.62. The highest BCUT2D eigenvalue weighted by molar-refractivity contribution is 5.41. The summed E-state index contributed by atoms with van der Waals surface area (Å²) in [5.74, 6) is 0. The first-order valence-electron chi connectivity index (χ1n) is 3.55. The zero-order valence-electron chi connectivity index (χ0n) is 5.62. The lowest BCUT2D eigenvalue weighted by Gasteiger charge is -2.31. The Morgan fingerprint density at radius 2 is 2.10 bits per heavy atom. The van der Waals surface area contributed by atoms with Gasteiger partial charge in [0.25, 0.3) is 0 Å². The fourth-order valence-electron chi connectivity index (χ4n) is 1.47. The number of aliphatic hydroxyl groups excluding tert-OH is 2. The van der Waals surface area contributed by atoms with Crippen LogP contribution in [-0.2, 0) is 0 Å². The van der Waals surface area contributed by atoms with E-state index in [2.05, 4.69) is 0 Å². The fourth-order valence-corrected chi connectivity index (χ4v) is 1.47. The Bertz CT molecular complexity index is 215. The van der Waals surface area contributed by atoms with E-state index < -0.39 is 12.2 Å². The van der Waals surface area contributed by atoms with Gasteiger partial charge < -0.3 is 10.2 Å². The molecule has 0 fully saturated rings. The first kappa shape index (κ1) is 6.13. The van der Waals surface area contributed by atoms with Crippen LogP contribution in [0.5, 0.6) is 0 Å². The van der Waals surface area contributed by atoms with E-state index in [4.69, 9.17) is 5.11 Å². The van der Waals surface area contributed by atoms with Crippen molar-refractivity contribution in [3.8, 4) is 0 Å². The minimum Gasteiger partial charge on any atom is -0.386 e. The maximum absolute atomic E-state index is 9.31. The molecule has 0 radical (unpaired) electrons. The average molecular weight is 138 g/mol. The lowest BCUT2D eigenvalue weighted by Crippen LogP contribution is -2.32. The van der Waals surface area contributed by atoms with Gasteiger partial charge in [-0.2, -0.15) is 0 Å². The van der Waals surface area contributed by atoms with Gasteiger partial charge in [-0.1, -0.05) is 12.2 Å². The van der Waals surface area contributed by atoms with E-state index in [0.29, 0.717) is 0 Å². The maximum Gasteiger partial charge on any atom is 0.105 e. The van der Waals surface area contributed by atoms with Crippen LogP contribution in [0.2, 0.25) is 0 Å².